The van der Waals surface area contributed by atoms with Crippen LogP contribution in [0.4, 0.5) is 0 Å². The molecule has 2 N–H and O–H groups in total. The fraction of sp³-hybridized carbons (Fsp3) is 0. The first kappa shape index (κ1) is 20.5. The molecule has 0 saturated heterocycles. The third kappa shape index (κ3) is 3.29. The van der Waals surface area contributed by atoms with E-state index >= 15 is 0 Å². The van der Waals surface area contributed by atoms with Crippen LogP contribution in [0.3, 0.4) is 0 Å². The lowest BCUT2D eigenvalue weighted by molar-refractivity contribution is -0.121. The molecule has 32 heavy (non-hydrogen) atoms. The predicted molar refractivity (Wildman–Crippen MR) is 114 cm³/mol. The lowest BCUT2D eigenvalue weighted by Crippen LogP contribution is -2.05. The van der Waals surface area contributed by atoms with Gasteiger partial charge in [-0.2, -0.15) is 0 Å². The van der Waals surface area contributed by atoms with E-state index in [1.807, 2.05) is 0 Å². The van der Waals surface area contributed by atoms with Crippen molar-refractivity contribution in [2.75, 3.05) is 0 Å². The first-order chi connectivity index (χ1) is 15.5. The van der Waals surface area contributed by atoms with Crippen molar-refractivity contribution >= 4 is 46.4 Å². The summed E-state index contributed by atoms with van der Waals surface area (Å²) < 4.78 is 10.1. The standard InChI is InChI=1S/C24H14O8/c25-11-31-19-6-2-4-16-14(9-10-20(22(16)19)32-12-26)13-7-8-18(24(29)30)21-15(13)3-1-5-17(21)23(27)28/h1-12H,(H,27,28)(H,29,30). The molecule has 0 aromatic heterocycles. The number of rotatable bonds is 7. The molecule has 0 amide bonds. The van der Waals surface area contributed by atoms with Crippen molar-refractivity contribution in [3.05, 3.63) is 71.8 Å². The van der Waals surface area contributed by atoms with Gasteiger partial charge in [-0.1, -0.05) is 36.4 Å². The summed E-state index contributed by atoms with van der Waals surface area (Å²) in [6, 6.07) is 15.5. The van der Waals surface area contributed by atoms with E-state index in [1.54, 1.807) is 30.3 Å². The number of hydrogen-bond donors (Lipinski definition) is 2. The average Bonchev–Trinajstić information content (AvgIpc) is 2.78. The molecule has 0 aliphatic rings. The lowest BCUT2D eigenvalue weighted by Gasteiger charge is -2.16. The molecule has 0 fully saturated rings. The van der Waals surface area contributed by atoms with Crippen LogP contribution in [0, 0.1) is 0 Å². The Kier molecular flexibility index (Phi) is 5.26. The number of carbonyl (C=O) groups excluding carboxylic acids is 2. The van der Waals surface area contributed by atoms with Crippen molar-refractivity contribution in [3.8, 4) is 22.6 Å². The molecular weight excluding hydrogens is 416 g/mol. The minimum absolute atomic E-state index is 0.0895. The second-order valence-electron chi connectivity index (χ2n) is 6.72. The van der Waals surface area contributed by atoms with E-state index in [-0.39, 0.29) is 41.0 Å². The Hall–Kier alpha value is -4.72. The lowest BCUT2D eigenvalue weighted by atomic mass is 9.89. The number of carboxylic acid groups (broad SMARTS) is 2. The van der Waals surface area contributed by atoms with Gasteiger partial charge in [0.15, 0.2) is 0 Å². The normalized spacial score (nSPS) is 10.6. The zero-order valence-electron chi connectivity index (χ0n) is 16.3. The number of fused-ring (bicyclic) bond motifs is 2. The van der Waals surface area contributed by atoms with Crippen LogP contribution >= 0.6 is 0 Å². The average molecular weight is 430 g/mol. The topological polar surface area (TPSA) is 127 Å². The van der Waals surface area contributed by atoms with Crippen LogP contribution in [-0.2, 0) is 9.59 Å². The summed E-state index contributed by atoms with van der Waals surface area (Å²) in [4.78, 5) is 45.5. The molecular formula is C24H14O8. The van der Waals surface area contributed by atoms with Gasteiger partial charge in [-0.05, 0) is 46.2 Å². The van der Waals surface area contributed by atoms with Crippen LogP contribution in [0.2, 0.25) is 0 Å². The van der Waals surface area contributed by atoms with E-state index < -0.39 is 11.9 Å². The molecule has 0 spiro atoms. The largest absolute Gasteiger partial charge is 0.478 e. The number of benzene rings is 4. The number of carbonyl (C=O) groups is 4. The Morgan fingerprint density at radius 3 is 1.72 bits per heavy atom. The molecule has 8 heteroatoms. The first-order valence-electron chi connectivity index (χ1n) is 9.27. The molecule has 0 aliphatic heterocycles. The van der Waals surface area contributed by atoms with E-state index in [0.717, 1.165) is 0 Å². The Bertz CT molecular complexity index is 1380. The molecule has 8 nitrogen and oxygen atoms in total. The summed E-state index contributed by atoms with van der Waals surface area (Å²) in [7, 11) is 0. The second-order valence-corrected chi connectivity index (χ2v) is 6.72. The van der Waals surface area contributed by atoms with E-state index in [4.69, 9.17) is 9.47 Å². The molecule has 0 bridgehead atoms. The highest BCUT2D eigenvalue weighted by Crippen LogP contribution is 2.42. The van der Waals surface area contributed by atoms with Crippen LogP contribution in [-0.4, -0.2) is 35.1 Å². The fourth-order valence-electron chi connectivity index (χ4n) is 3.87. The Morgan fingerprint density at radius 1 is 0.625 bits per heavy atom. The van der Waals surface area contributed by atoms with E-state index in [2.05, 4.69) is 0 Å². The Morgan fingerprint density at radius 2 is 1.12 bits per heavy atom. The van der Waals surface area contributed by atoms with Crippen molar-refractivity contribution in [1.29, 1.82) is 0 Å². The molecule has 0 aliphatic carbocycles. The summed E-state index contributed by atoms with van der Waals surface area (Å²) in [6.45, 7) is 0.505. The van der Waals surface area contributed by atoms with Gasteiger partial charge in [0.05, 0.1) is 16.5 Å². The molecule has 4 aromatic rings. The minimum Gasteiger partial charge on any atom is -0.478 e. The molecule has 158 valence electrons. The van der Waals surface area contributed by atoms with Crippen LogP contribution in [0.25, 0.3) is 32.7 Å². The number of ether oxygens (including phenoxy) is 2. The maximum atomic E-state index is 11.8. The number of aromatic carboxylic acids is 2. The third-order valence-corrected chi connectivity index (χ3v) is 5.11. The highest BCUT2D eigenvalue weighted by molar-refractivity contribution is 6.18. The maximum absolute atomic E-state index is 11.8. The van der Waals surface area contributed by atoms with Crippen molar-refractivity contribution in [2.24, 2.45) is 0 Å². The molecule has 4 rings (SSSR count). The highest BCUT2D eigenvalue weighted by Gasteiger charge is 2.21. The Balaban J connectivity index is 2.13. The minimum atomic E-state index is -1.25. The molecule has 0 heterocycles. The van der Waals surface area contributed by atoms with Gasteiger partial charge in [0.1, 0.15) is 11.5 Å². The second kappa shape index (κ2) is 8.19. The van der Waals surface area contributed by atoms with E-state index in [0.29, 0.717) is 27.3 Å². The van der Waals surface area contributed by atoms with Gasteiger partial charge >= 0.3 is 11.9 Å². The SMILES string of the molecule is O=COc1cccc2c(-c3ccc(C(=O)O)c4c(C(=O)O)cccc34)ccc(OC=O)c12. The first-order valence-corrected chi connectivity index (χ1v) is 9.27. The van der Waals surface area contributed by atoms with Crippen LogP contribution < -0.4 is 9.47 Å². The van der Waals surface area contributed by atoms with Gasteiger partial charge in [0.2, 0.25) is 0 Å². The summed E-state index contributed by atoms with van der Waals surface area (Å²) in [5.41, 5.74) is 0.868. The number of hydrogen-bond acceptors (Lipinski definition) is 6. The predicted octanol–water partition coefficient (Wildman–Crippen LogP) is 4.13. The van der Waals surface area contributed by atoms with Crippen LogP contribution in [0.5, 0.6) is 11.5 Å². The van der Waals surface area contributed by atoms with Gasteiger partial charge in [-0.3, -0.25) is 9.59 Å². The number of carboxylic acids is 2. The van der Waals surface area contributed by atoms with Crippen LogP contribution in [0.1, 0.15) is 20.7 Å². The fourth-order valence-corrected chi connectivity index (χ4v) is 3.87. The molecule has 4 aromatic carbocycles. The third-order valence-electron chi connectivity index (χ3n) is 5.11. The van der Waals surface area contributed by atoms with E-state index in [1.165, 1.54) is 30.3 Å². The molecule has 0 atom stereocenters. The zero-order valence-corrected chi connectivity index (χ0v) is 16.3. The van der Waals surface area contributed by atoms with Crippen molar-refractivity contribution in [3.63, 3.8) is 0 Å². The van der Waals surface area contributed by atoms with Crippen LogP contribution in [0.15, 0.2) is 60.7 Å². The summed E-state index contributed by atoms with van der Waals surface area (Å²) in [5.74, 6) is -2.18. The van der Waals surface area contributed by atoms with Crippen molar-refractivity contribution in [1.82, 2.24) is 0 Å². The molecule has 0 saturated carbocycles. The van der Waals surface area contributed by atoms with Gasteiger partial charge in [0, 0.05) is 5.39 Å². The van der Waals surface area contributed by atoms with Crippen molar-refractivity contribution < 1.29 is 38.9 Å². The Labute approximate surface area is 180 Å². The van der Waals surface area contributed by atoms with Crippen molar-refractivity contribution in [2.45, 2.75) is 0 Å². The highest BCUT2D eigenvalue weighted by atomic mass is 16.5. The van der Waals surface area contributed by atoms with Gasteiger partial charge in [-0.15, -0.1) is 0 Å². The monoisotopic (exact) mass is 430 g/mol. The molecule has 0 unspecified atom stereocenters. The smallest absolute Gasteiger partial charge is 0.336 e. The molecule has 0 radical (unpaired) electrons. The van der Waals surface area contributed by atoms with Gasteiger partial charge in [-0.25, -0.2) is 9.59 Å². The quantitative estimate of drug-likeness (QED) is 0.419. The van der Waals surface area contributed by atoms with E-state index in [9.17, 15) is 29.4 Å². The van der Waals surface area contributed by atoms with Gasteiger partial charge < -0.3 is 19.7 Å². The summed E-state index contributed by atoms with van der Waals surface area (Å²) >= 11 is 0. The summed E-state index contributed by atoms with van der Waals surface area (Å²) in [6.07, 6.45) is 0. The summed E-state index contributed by atoms with van der Waals surface area (Å²) in [5, 5.41) is 20.7. The zero-order chi connectivity index (χ0) is 22.8. The maximum Gasteiger partial charge on any atom is 0.336 e. The van der Waals surface area contributed by atoms with Gasteiger partial charge in [0.25, 0.3) is 12.9 Å².